The maximum atomic E-state index is 14.6. The van der Waals surface area contributed by atoms with Crippen LogP contribution in [0.1, 0.15) is 58.3 Å². The average Bonchev–Trinajstić information content (AvgIpc) is 3.36. The number of nitrogens with two attached hydrogens (primary N) is 1. The number of pyridine rings is 1. The summed E-state index contributed by atoms with van der Waals surface area (Å²) in [6.45, 7) is 3.87. The van der Waals surface area contributed by atoms with Gasteiger partial charge in [-0.15, -0.1) is 0 Å². The summed E-state index contributed by atoms with van der Waals surface area (Å²) in [4.78, 5) is 19.6. The molecule has 10 heteroatoms. The molecule has 1 aliphatic heterocycles. The molecule has 33 heavy (non-hydrogen) atoms. The molecule has 2 fully saturated rings. The fourth-order valence-corrected chi connectivity index (χ4v) is 5.03. The molecule has 4 rings (SSSR count). The van der Waals surface area contributed by atoms with Crippen LogP contribution in [0.15, 0.2) is 12.3 Å². The van der Waals surface area contributed by atoms with E-state index < -0.39 is 5.82 Å². The molecule has 0 aromatic carbocycles. The van der Waals surface area contributed by atoms with Gasteiger partial charge in [0, 0.05) is 18.7 Å². The molecular formula is C23H35FN8O. The van der Waals surface area contributed by atoms with Crippen LogP contribution in [0.4, 0.5) is 27.9 Å². The summed E-state index contributed by atoms with van der Waals surface area (Å²) in [7, 11) is 1.40. The number of aromatic nitrogens is 4. The standard InChI is InChI=1S/C23H35FN8O/c1-3-19(18-10-7-11-26-18)32(16-12-17(24)20(33-2)27-14-16)23-30-21(25)29-22(31-23)28-13-15-8-5-4-6-9-15/h12,14-15,18-19,26H,3-11,13H2,1-2H3,(H3,25,28,29,30,31). The van der Waals surface area contributed by atoms with Crippen molar-refractivity contribution in [1.82, 2.24) is 25.3 Å². The number of nitrogen functional groups attached to an aromatic ring is 1. The number of anilines is 4. The van der Waals surface area contributed by atoms with E-state index in [0.29, 0.717) is 23.5 Å². The van der Waals surface area contributed by atoms with E-state index in [9.17, 15) is 4.39 Å². The third kappa shape index (κ3) is 5.61. The van der Waals surface area contributed by atoms with Crippen molar-refractivity contribution >= 4 is 23.5 Å². The zero-order chi connectivity index (χ0) is 23.2. The highest BCUT2D eigenvalue weighted by atomic mass is 19.1. The van der Waals surface area contributed by atoms with Gasteiger partial charge in [-0.2, -0.15) is 15.0 Å². The molecule has 1 aliphatic carbocycles. The predicted molar refractivity (Wildman–Crippen MR) is 127 cm³/mol. The van der Waals surface area contributed by atoms with Gasteiger partial charge < -0.3 is 26.0 Å². The van der Waals surface area contributed by atoms with Gasteiger partial charge in [-0.25, -0.2) is 9.37 Å². The number of methoxy groups -OCH3 is 1. The van der Waals surface area contributed by atoms with Gasteiger partial charge in [0.05, 0.1) is 25.0 Å². The SMILES string of the molecule is CCC(C1CCCN1)N(c1cnc(OC)c(F)c1)c1nc(N)nc(NCC2CCCCC2)n1. The third-order valence-electron chi connectivity index (χ3n) is 6.71. The molecule has 2 atom stereocenters. The second kappa shape index (κ2) is 10.9. The molecule has 0 radical (unpaired) electrons. The van der Waals surface area contributed by atoms with E-state index >= 15 is 0 Å². The van der Waals surface area contributed by atoms with Crippen LogP contribution >= 0.6 is 0 Å². The lowest BCUT2D eigenvalue weighted by atomic mass is 9.89. The molecule has 2 unspecified atom stereocenters. The summed E-state index contributed by atoms with van der Waals surface area (Å²) < 4.78 is 19.6. The quantitative estimate of drug-likeness (QED) is 0.518. The highest BCUT2D eigenvalue weighted by Crippen LogP contribution is 2.32. The number of ether oxygens (including phenoxy) is 1. The van der Waals surface area contributed by atoms with Gasteiger partial charge in [0.25, 0.3) is 0 Å². The predicted octanol–water partition coefficient (Wildman–Crippen LogP) is 3.66. The number of rotatable bonds is 9. The average molecular weight is 459 g/mol. The Balaban J connectivity index is 1.66. The van der Waals surface area contributed by atoms with Crippen molar-refractivity contribution in [1.29, 1.82) is 0 Å². The van der Waals surface area contributed by atoms with Crippen LogP contribution in [0.3, 0.4) is 0 Å². The minimum Gasteiger partial charge on any atom is -0.479 e. The molecule has 0 bridgehead atoms. The molecule has 1 saturated carbocycles. The summed E-state index contributed by atoms with van der Waals surface area (Å²) in [6.07, 6.45) is 10.8. The van der Waals surface area contributed by atoms with Crippen molar-refractivity contribution in [3.8, 4) is 5.88 Å². The first-order chi connectivity index (χ1) is 16.1. The zero-order valence-corrected chi connectivity index (χ0v) is 19.6. The third-order valence-corrected chi connectivity index (χ3v) is 6.71. The molecule has 2 aromatic heterocycles. The number of nitrogens with zero attached hydrogens (tertiary/aromatic N) is 5. The molecule has 0 spiro atoms. The highest BCUT2D eigenvalue weighted by Gasteiger charge is 2.32. The van der Waals surface area contributed by atoms with Crippen molar-refractivity contribution in [2.45, 2.75) is 70.4 Å². The van der Waals surface area contributed by atoms with Crippen molar-refractivity contribution in [2.75, 3.05) is 36.1 Å². The molecule has 180 valence electrons. The summed E-state index contributed by atoms with van der Waals surface area (Å²) in [6, 6.07) is 1.63. The van der Waals surface area contributed by atoms with E-state index in [0.717, 1.165) is 32.4 Å². The summed E-state index contributed by atoms with van der Waals surface area (Å²) in [5, 5.41) is 6.93. The van der Waals surface area contributed by atoms with Gasteiger partial charge in [-0.3, -0.25) is 0 Å². The van der Waals surface area contributed by atoms with Gasteiger partial charge in [-0.1, -0.05) is 26.2 Å². The van der Waals surface area contributed by atoms with Crippen molar-refractivity contribution in [3.05, 3.63) is 18.1 Å². The van der Waals surface area contributed by atoms with Gasteiger partial charge in [0.1, 0.15) is 0 Å². The molecule has 3 heterocycles. The van der Waals surface area contributed by atoms with E-state index in [1.807, 2.05) is 4.90 Å². The molecule has 4 N–H and O–H groups in total. The van der Waals surface area contributed by atoms with Crippen molar-refractivity contribution < 1.29 is 9.13 Å². The number of halogens is 1. The van der Waals surface area contributed by atoms with Crippen LogP contribution in [0.2, 0.25) is 0 Å². The lowest BCUT2D eigenvalue weighted by molar-refractivity contribution is 0.369. The summed E-state index contributed by atoms with van der Waals surface area (Å²) in [5.41, 5.74) is 6.65. The Morgan fingerprint density at radius 3 is 2.70 bits per heavy atom. The smallest absolute Gasteiger partial charge is 0.250 e. The minimum absolute atomic E-state index is 0.00455. The van der Waals surface area contributed by atoms with Gasteiger partial charge >= 0.3 is 0 Å². The fourth-order valence-electron chi connectivity index (χ4n) is 5.03. The number of nitrogens with one attached hydrogen (secondary N) is 2. The van der Waals surface area contributed by atoms with Crippen LogP contribution in [0.25, 0.3) is 0 Å². The van der Waals surface area contributed by atoms with Crippen LogP contribution in [0.5, 0.6) is 5.88 Å². The molecule has 1 saturated heterocycles. The topological polar surface area (TPSA) is 114 Å². The van der Waals surface area contributed by atoms with E-state index in [1.54, 1.807) is 6.20 Å². The fraction of sp³-hybridized carbons (Fsp3) is 0.652. The molecule has 2 aromatic rings. The van der Waals surface area contributed by atoms with Crippen LogP contribution < -0.4 is 26.0 Å². The number of hydrogen-bond donors (Lipinski definition) is 3. The Morgan fingerprint density at radius 2 is 2.03 bits per heavy atom. The van der Waals surface area contributed by atoms with Gasteiger partial charge in [0.2, 0.25) is 23.7 Å². The van der Waals surface area contributed by atoms with E-state index in [2.05, 4.69) is 32.5 Å². The van der Waals surface area contributed by atoms with Gasteiger partial charge in [-0.05, 0) is 44.6 Å². The minimum atomic E-state index is -0.535. The first-order valence-corrected chi connectivity index (χ1v) is 12.1. The lowest BCUT2D eigenvalue weighted by Gasteiger charge is -2.35. The van der Waals surface area contributed by atoms with Crippen LogP contribution in [0, 0.1) is 11.7 Å². The molecular weight excluding hydrogens is 423 g/mol. The molecule has 9 nitrogen and oxygen atoms in total. The second-order valence-corrected chi connectivity index (χ2v) is 8.94. The Bertz CT molecular complexity index is 917. The first-order valence-electron chi connectivity index (χ1n) is 12.1. The highest BCUT2D eigenvalue weighted by molar-refractivity contribution is 5.60. The van der Waals surface area contributed by atoms with Crippen molar-refractivity contribution in [2.24, 2.45) is 5.92 Å². The van der Waals surface area contributed by atoms with Crippen molar-refractivity contribution in [3.63, 3.8) is 0 Å². The first kappa shape index (κ1) is 23.4. The number of hydrogen-bond acceptors (Lipinski definition) is 9. The molecule has 0 amide bonds. The Morgan fingerprint density at radius 1 is 1.21 bits per heavy atom. The van der Waals surface area contributed by atoms with Crippen LogP contribution in [-0.2, 0) is 0 Å². The van der Waals surface area contributed by atoms with E-state index in [-0.39, 0.29) is 23.9 Å². The maximum absolute atomic E-state index is 14.6. The van der Waals surface area contributed by atoms with Crippen LogP contribution in [-0.4, -0.2) is 52.2 Å². The Labute approximate surface area is 194 Å². The summed E-state index contributed by atoms with van der Waals surface area (Å²) >= 11 is 0. The summed E-state index contributed by atoms with van der Waals surface area (Å²) in [5.74, 6) is 1.00. The normalized spacial score (nSPS) is 19.9. The largest absolute Gasteiger partial charge is 0.479 e. The molecule has 2 aliphatic rings. The Kier molecular flexibility index (Phi) is 7.74. The van der Waals surface area contributed by atoms with Gasteiger partial charge in [0.15, 0.2) is 5.82 Å². The maximum Gasteiger partial charge on any atom is 0.250 e. The zero-order valence-electron chi connectivity index (χ0n) is 19.6. The lowest BCUT2D eigenvalue weighted by Crippen LogP contribution is -2.46. The van der Waals surface area contributed by atoms with E-state index in [1.165, 1.54) is 45.3 Å². The van der Waals surface area contributed by atoms with E-state index in [4.69, 9.17) is 15.5 Å². The second-order valence-electron chi connectivity index (χ2n) is 8.94. The Hall–Kier alpha value is -2.75. The monoisotopic (exact) mass is 458 g/mol.